The molecule has 0 spiro atoms. The number of nitrogens with one attached hydrogen (secondary N) is 1. The van der Waals surface area contributed by atoms with Crippen LogP contribution in [0.3, 0.4) is 0 Å². The highest BCUT2D eigenvalue weighted by molar-refractivity contribution is 6.01. The highest BCUT2D eigenvalue weighted by Gasteiger charge is 2.40. The van der Waals surface area contributed by atoms with Crippen LogP contribution in [-0.2, 0) is 14.3 Å². The Morgan fingerprint density at radius 1 is 1.20 bits per heavy atom. The minimum Gasteiger partial charge on any atom is -0.379 e. The number of morpholine rings is 1. The third-order valence-corrected chi connectivity index (χ3v) is 5.70. The average Bonchev–Trinajstić information content (AvgIpc) is 3.03. The minimum absolute atomic E-state index is 0.0750. The molecule has 3 aliphatic heterocycles. The quantitative estimate of drug-likeness (QED) is 0.879. The number of rotatable bonds is 2. The van der Waals surface area contributed by atoms with Gasteiger partial charge < -0.3 is 15.0 Å². The Balaban J connectivity index is 1.51. The second-order valence-electron chi connectivity index (χ2n) is 7.33. The van der Waals surface area contributed by atoms with Crippen molar-refractivity contribution < 1.29 is 14.3 Å². The number of benzene rings is 1. The van der Waals surface area contributed by atoms with Gasteiger partial charge in [0.2, 0.25) is 11.8 Å². The molecule has 25 heavy (non-hydrogen) atoms. The van der Waals surface area contributed by atoms with Crippen molar-refractivity contribution in [3.8, 4) is 0 Å². The fraction of sp³-hybridized carbons (Fsp3) is 0.579. The number of amides is 2. The SMILES string of the molecule is C[C@@H]1CN(C(=O)[C@H]2CC(=O)Nc3ccccc32)C[C@@H]1N1CCOCC1. The van der Waals surface area contributed by atoms with Gasteiger partial charge in [-0.05, 0) is 17.5 Å². The van der Waals surface area contributed by atoms with Gasteiger partial charge in [-0.1, -0.05) is 25.1 Å². The highest BCUT2D eigenvalue weighted by Crippen LogP contribution is 2.35. The first-order valence-electron chi connectivity index (χ1n) is 9.13. The molecule has 4 rings (SSSR count). The molecule has 134 valence electrons. The van der Waals surface area contributed by atoms with Crippen molar-refractivity contribution in [3.05, 3.63) is 29.8 Å². The van der Waals surface area contributed by atoms with Gasteiger partial charge in [0, 0.05) is 44.3 Å². The largest absolute Gasteiger partial charge is 0.379 e. The van der Waals surface area contributed by atoms with Crippen molar-refractivity contribution in [1.29, 1.82) is 0 Å². The Morgan fingerprint density at radius 3 is 2.76 bits per heavy atom. The van der Waals surface area contributed by atoms with E-state index in [9.17, 15) is 9.59 Å². The molecule has 3 aliphatic rings. The van der Waals surface area contributed by atoms with E-state index in [2.05, 4.69) is 17.1 Å². The van der Waals surface area contributed by atoms with Gasteiger partial charge in [0.25, 0.3) is 0 Å². The van der Waals surface area contributed by atoms with E-state index in [1.165, 1.54) is 0 Å². The summed E-state index contributed by atoms with van der Waals surface area (Å²) in [4.78, 5) is 29.6. The predicted octanol–water partition coefficient (Wildman–Crippen LogP) is 1.29. The molecule has 0 radical (unpaired) electrons. The lowest BCUT2D eigenvalue weighted by molar-refractivity contribution is -0.134. The summed E-state index contributed by atoms with van der Waals surface area (Å²) in [5, 5.41) is 2.87. The molecule has 0 aliphatic carbocycles. The van der Waals surface area contributed by atoms with Gasteiger partial charge in [-0.2, -0.15) is 0 Å². The zero-order valence-electron chi connectivity index (χ0n) is 14.6. The third kappa shape index (κ3) is 3.16. The number of carbonyl (C=O) groups excluding carboxylic acids is 2. The topological polar surface area (TPSA) is 61.9 Å². The van der Waals surface area contributed by atoms with Gasteiger partial charge >= 0.3 is 0 Å². The molecular weight excluding hydrogens is 318 g/mol. The Hall–Kier alpha value is -1.92. The Kier molecular flexibility index (Phi) is 4.48. The van der Waals surface area contributed by atoms with Crippen LogP contribution in [0.2, 0.25) is 0 Å². The summed E-state index contributed by atoms with van der Waals surface area (Å²) >= 11 is 0. The number of carbonyl (C=O) groups is 2. The van der Waals surface area contributed by atoms with Crippen molar-refractivity contribution in [2.45, 2.75) is 25.3 Å². The van der Waals surface area contributed by atoms with Crippen molar-refractivity contribution in [2.75, 3.05) is 44.7 Å². The number of likely N-dealkylation sites (tertiary alicyclic amines) is 1. The molecule has 6 heteroatoms. The van der Waals surface area contributed by atoms with Gasteiger partial charge in [-0.15, -0.1) is 0 Å². The monoisotopic (exact) mass is 343 g/mol. The van der Waals surface area contributed by atoms with E-state index in [1.807, 2.05) is 29.2 Å². The molecule has 1 aromatic rings. The number of ether oxygens (including phenoxy) is 1. The average molecular weight is 343 g/mol. The second-order valence-corrected chi connectivity index (χ2v) is 7.33. The zero-order valence-corrected chi connectivity index (χ0v) is 14.6. The van der Waals surface area contributed by atoms with E-state index >= 15 is 0 Å². The van der Waals surface area contributed by atoms with Crippen molar-refractivity contribution in [1.82, 2.24) is 9.80 Å². The Labute approximate surface area is 148 Å². The normalized spacial score (nSPS) is 30.0. The van der Waals surface area contributed by atoms with Crippen LogP contribution in [-0.4, -0.2) is 67.0 Å². The summed E-state index contributed by atoms with van der Waals surface area (Å²) in [6.45, 7) is 7.15. The standard InChI is InChI=1S/C19H25N3O3/c1-13-11-22(12-17(13)21-6-8-25-9-7-21)19(24)15-10-18(23)20-16-5-3-2-4-14(15)16/h2-5,13,15,17H,6-12H2,1H3,(H,20,23)/t13-,15+,17+/m1/s1. The van der Waals surface area contributed by atoms with Gasteiger partial charge in [0.15, 0.2) is 0 Å². The fourth-order valence-electron chi connectivity index (χ4n) is 4.37. The molecule has 2 fully saturated rings. The van der Waals surface area contributed by atoms with Gasteiger partial charge in [-0.3, -0.25) is 14.5 Å². The second kappa shape index (κ2) is 6.77. The first kappa shape index (κ1) is 16.5. The summed E-state index contributed by atoms with van der Waals surface area (Å²) in [5.74, 6) is 0.0919. The maximum atomic E-state index is 13.2. The summed E-state index contributed by atoms with van der Waals surface area (Å²) in [5.41, 5.74) is 1.71. The van der Waals surface area contributed by atoms with E-state index in [0.29, 0.717) is 12.0 Å². The number of hydrogen-bond acceptors (Lipinski definition) is 4. The molecule has 0 bridgehead atoms. The summed E-state index contributed by atoms with van der Waals surface area (Å²) in [7, 11) is 0. The molecule has 1 aromatic carbocycles. The summed E-state index contributed by atoms with van der Waals surface area (Å²) in [6.07, 6.45) is 0.239. The van der Waals surface area contributed by atoms with Crippen molar-refractivity contribution >= 4 is 17.5 Å². The summed E-state index contributed by atoms with van der Waals surface area (Å²) < 4.78 is 5.45. The first-order chi connectivity index (χ1) is 12.1. The number of anilines is 1. The van der Waals surface area contributed by atoms with Crippen LogP contribution in [0.25, 0.3) is 0 Å². The molecule has 1 N–H and O–H groups in total. The van der Waals surface area contributed by atoms with Crippen LogP contribution in [0, 0.1) is 5.92 Å². The number of hydrogen-bond donors (Lipinski definition) is 1. The molecule has 3 heterocycles. The van der Waals surface area contributed by atoms with E-state index < -0.39 is 0 Å². The fourth-order valence-corrected chi connectivity index (χ4v) is 4.37. The maximum absolute atomic E-state index is 13.2. The van der Waals surface area contributed by atoms with E-state index in [-0.39, 0.29) is 24.2 Å². The Morgan fingerprint density at radius 2 is 1.96 bits per heavy atom. The molecule has 2 saturated heterocycles. The van der Waals surface area contributed by atoms with Crippen molar-refractivity contribution in [3.63, 3.8) is 0 Å². The lowest BCUT2D eigenvalue weighted by Crippen LogP contribution is -2.47. The Bertz CT molecular complexity index is 672. The van der Waals surface area contributed by atoms with Gasteiger partial charge in [-0.25, -0.2) is 0 Å². The van der Waals surface area contributed by atoms with E-state index in [1.54, 1.807) is 0 Å². The van der Waals surface area contributed by atoms with Crippen molar-refractivity contribution in [2.24, 2.45) is 5.92 Å². The predicted molar refractivity (Wildman–Crippen MR) is 94.4 cm³/mol. The van der Waals surface area contributed by atoms with Crippen LogP contribution < -0.4 is 5.32 Å². The highest BCUT2D eigenvalue weighted by atomic mass is 16.5. The molecule has 0 unspecified atom stereocenters. The van der Waals surface area contributed by atoms with Crippen LogP contribution in [0.4, 0.5) is 5.69 Å². The maximum Gasteiger partial charge on any atom is 0.230 e. The van der Waals surface area contributed by atoms with Gasteiger partial charge in [0.05, 0.1) is 19.1 Å². The molecule has 6 nitrogen and oxygen atoms in total. The summed E-state index contributed by atoms with van der Waals surface area (Å²) in [6, 6.07) is 8.03. The smallest absolute Gasteiger partial charge is 0.230 e. The molecule has 0 saturated carbocycles. The lowest BCUT2D eigenvalue weighted by atomic mass is 9.89. The molecular formula is C19H25N3O3. The number of para-hydroxylation sites is 1. The lowest BCUT2D eigenvalue weighted by Gasteiger charge is -2.34. The van der Waals surface area contributed by atoms with E-state index in [4.69, 9.17) is 4.74 Å². The van der Waals surface area contributed by atoms with Crippen LogP contribution in [0.15, 0.2) is 24.3 Å². The number of nitrogens with zero attached hydrogens (tertiary/aromatic N) is 2. The number of fused-ring (bicyclic) bond motifs is 1. The van der Waals surface area contributed by atoms with Gasteiger partial charge in [0.1, 0.15) is 0 Å². The van der Waals surface area contributed by atoms with Crippen LogP contribution in [0.1, 0.15) is 24.8 Å². The molecule has 3 atom stereocenters. The molecule has 0 aromatic heterocycles. The minimum atomic E-state index is -0.361. The zero-order chi connectivity index (χ0) is 17.4. The van der Waals surface area contributed by atoms with Crippen LogP contribution in [0.5, 0.6) is 0 Å². The first-order valence-corrected chi connectivity index (χ1v) is 9.13. The van der Waals surface area contributed by atoms with E-state index in [0.717, 1.165) is 50.6 Å². The third-order valence-electron chi connectivity index (χ3n) is 5.70. The van der Waals surface area contributed by atoms with Crippen LogP contribution >= 0.6 is 0 Å². The molecule has 2 amide bonds.